The molecular weight excluding hydrogens is 277 g/mol. The van der Waals surface area contributed by atoms with Gasteiger partial charge in [-0.1, -0.05) is 29.8 Å². The van der Waals surface area contributed by atoms with E-state index in [2.05, 4.69) is 5.32 Å². The number of hydrogen-bond donors (Lipinski definition) is 1. The van der Waals surface area contributed by atoms with Gasteiger partial charge in [0, 0.05) is 24.7 Å². The van der Waals surface area contributed by atoms with Gasteiger partial charge in [-0.15, -0.1) is 0 Å². The number of benzene rings is 1. The first-order chi connectivity index (χ1) is 8.98. The van der Waals surface area contributed by atoms with Gasteiger partial charge >= 0.3 is 6.18 Å². The fourth-order valence-corrected chi connectivity index (χ4v) is 2.48. The van der Waals surface area contributed by atoms with E-state index in [1.165, 1.54) is 4.90 Å². The third kappa shape index (κ3) is 3.84. The van der Waals surface area contributed by atoms with Gasteiger partial charge in [-0.05, 0) is 24.6 Å². The molecule has 1 aromatic carbocycles. The standard InChI is InChI=1S/C13H16ClF3N2/c14-11-5-2-1-4-10(11)9-19-7-3-6-18-8-12(19)13(15,16)17/h1-2,4-5,12,18H,3,6-9H2. The van der Waals surface area contributed by atoms with Gasteiger partial charge in [0.2, 0.25) is 0 Å². The third-order valence-electron chi connectivity index (χ3n) is 3.29. The van der Waals surface area contributed by atoms with Crippen molar-refractivity contribution in [3.63, 3.8) is 0 Å². The Bertz CT molecular complexity index is 423. The molecule has 2 rings (SSSR count). The van der Waals surface area contributed by atoms with Crippen molar-refractivity contribution in [1.29, 1.82) is 0 Å². The summed E-state index contributed by atoms with van der Waals surface area (Å²) < 4.78 is 39.2. The monoisotopic (exact) mass is 292 g/mol. The van der Waals surface area contributed by atoms with Crippen molar-refractivity contribution in [2.45, 2.75) is 25.2 Å². The summed E-state index contributed by atoms with van der Waals surface area (Å²) in [4.78, 5) is 1.46. The SMILES string of the molecule is FC(F)(F)C1CNCCCN1Cc1ccccc1Cl. The van der Waals surface area contributed by atoms with Crippen molar-refractivity contribution in [1.82, 2.24) is 10.2 Å². The van der Waals surface area contributed by atoms with Crippen LogP contribution in [0.4, 0.5) is 13.2 Å². The van der Waals surface area contributed by atoms with Crippen LogP contribution in [0, 0.1) is 0 Å². The van der Waals surface area contributed by atoms with Crippen LogP contribution in [-0.4, -0.2) is 36.8 Å². The van der Waals surface area contributed by atoms with Crippen molar-refractivity contribution in [2.75, 3.05) is 19.6 Å². The molecule has 6 heteroatoms. The Morgan fingerprint density at radius 2 is 2.05 bits per heavy atom. The van der Waals surface area contributed by atoms with Gasteiger partial charge in [0.05, 0.1) is 0 Å². The number of nitrogens with zero attached hydrogens (tertiary/aromatic N) is 1. The quantitative estimate of drug-likeness (QED) is 0.901. The fourth-order valence-electron chi connectivity index (χ4n) is 2.29. The molecule has 106 valence electrons. The maximum Gasteiger partial charge on any atom is 0.405 e. The lowest BCUT2D eigenvalue weighted by molar-refractivity contribution is -0.182. The van der Waals surface area contributed by atoms with E-state index in [1.54, 1.807) is 24.3 Å². The Labute approximate surface area is 115 Å². The van der Waals surface area contributed by atoms with E-state index in [9.17, 15) is 13.2 Å². The second-order valence-electron chi connectivity index (χ2n) is 4.68. The van der Waals surface area contributed by atoms with Gasteiger partial charge in [-0.25, -0.2) is 0 Å². The molecule has 1 N–H and O–H groups in total. The summed E-state index contributed by atoms with van der Waals surface area (Å²) in [5, 5.41) is 3.35. The van der Waals surface area contributed by atoms with Crippen LogP contribution in [0.15, 0.2) is 24.3 Å². The largest absolute Gasteiger partial charge is 0.405 e. The highest BCUT2D eigenvalue weighted by Gasteiger charge is 2.43. The zero-order valence-electron chi connectivity index (χ0n) is 10.4. The molecule has 1 fully saturated rings. The molecule has 1 unspecified atom stereocenters. The van der Waals surface area contributed by atoms with Gasteiger partial charge in [0.1, 0.15) is 6.04 Å². The highest BCUT2D eigenvalue weighted by molar-refractivity contribution is 6.31. The fraction of sp³-hybridized carbons (Fsp3) is 0.538. The van der Waals surface area contributed by atoms with Crippen LogP contribution in [0.1, 0.15) is 12.0 Å². The summed E-state index contributed by atoms with van der Waals surface area (Å²) in [6.07, 6.45) is -3.52. The van der Waals surface area contributed by atoms with Crippen LogP contribution in [-0.2, 0) is 6.54 Å². The van der Waals surface area contributed by atoms with E-state index in [-0.39, 0.29) is 13.1 Å². The van der Waals surface area contributed by atoms with Crippen LogP contribution in [0.25, 0.3) is 0 Å². The van der Waals surface area contributed by atoms with Gasteiger partial charge < -0.3 is 5.32 Å². The highest BCUT2D eigenvalue weighted by Crippen LogP contribution is 2.28. The van der Waals surface area contributed by atoms with Crippen molar-refractivity contribution < 1.29 is 13.2 Å². The van der Waals surface area contributed by atoms with E-state index in [1.807, 2.05) is 0 Å². The molecule has 1 saturated heterocycles. The molecule has 0 radical (unpaired) electrons. The molecule has 19 heavy (non-hydrogen) atoms. The lowest BCUT2D eigenvalue weighted by Gasteiger charge is -2.31. The van der Waals surface area contributed by atoms with Crippen LogP contribution in [0.5, 0.6) is 0 Å². The first-order valence-electron chi connectivity index (χ1n) is 6.23. The average Bonchev–Trinajstić information content (AvgIpc) is 2.57. The molecule has 0 bridgehead atoms. The molecule has 0 aromatic heterocycles. The average molecular weight is 293 g/mol. The smallest absolute Gasteiger partial charge is 0.315 e. The van der Waals surface area contributed by atoms with E-state index in [4.69, 9.17) is 11.6 Å². The van der Waals surface area contributed by atoms with Crippen molar-refractivity contribution in [3.05, 3.63) is 34.9 Å². The zero-order valence-corrected chi connectivity index (χ0v) is 11.1. The Balaban J connectivity index is 2.17. The predicted molar refractivity (Wildman–Crippen MR) is 69.2 cm³/mol. The van der Waals surface area contributed by atoms with Crippen molar-refractivity contribution in [2.24, 2.45) is 0 Å². The van der Waals surface area contributed by atoms with Crippen LogP contribution in [0.2, 0.25) is 5.02 Å². The van der Waals surface area contributed by atoms with E-state index >= 15 is 0 Å². The predicted octanol–water partition coefficient (Wildman–Crippen LogP) is 3.07. The maximum atomic E-state index is 13.1. The van der Waals surface area contributed by atoms with Gasteiger partial charge in [0.15, 0.2) is 0 Å². The number of nitrogens with one attached hydrogen (secondary N) is 1. The Kier molecular flexibility index (Phi) is 4.71. The molecule has 0 amide bonds. The Morgan fingerprint density at radius 3 is 2.74 bits per heavy atom. The Morgan fingerprint density at radius 1 is 1.32 bits per heavy atom. The molecule has 1 heterocycles. The molecule has 1 aliphatic heterocycles. The molecule has 1 atom stereocenters. The second kappa shape index (κ2) is 6.11. The second-order valence-corrected chi connectivity index (χ2v) is 5.08. The lowest BCUT2D eigenvalue weighted by atomic mass is 10.1. The molecule has 1 aromatic rings. The first-order valence-corrected chi connectivity index (χ1v) is 6.61. The molecular formula is C13H16ClF3N2. The number of alkyl halides is 3. The summed E-state index contributed by atoms with van der Waals surface area (Å²) in [5.74, 6) is 0. The summed E-state index contributed by atoms with van der Waals surface area (Å²) >= 11 is 6.02. The number of rotatable bonds is 2. The minimum atomic E-state index is -4.22. The highest BCUT2D eigenvalue weighted by atomic mass is 35.5. The summed E-state index contributed by atoms with van der Waals surface area (Å²) in [6.45, 7) is 1.20. The van der Waals surface area contributed by atoms with Crippen LogP contribution >= 0.6 is 11.6 Å². The van der Waals surface area contributed by atoms with E-state index < -0.39 is 12.2 Å². The van der Waals surface area contributed by atoms with E-state index in [0.717, 1.165) is 5.56 Å². The molecule has 0 spiro atoms. The van der Waals surface area contributed by atoms with Gasteiger partial charge in [-0.3, -0.25) is 4.90 Å². The Hall–Kier alpha value is -0.780. The molecule has 2 nitrogen and oxygen atoms in total. The summed E-state index contributed by atoms with van der Waals surface area (Å²) in [5.41, 5.74) is 0.736. The minimum Gasteiger partial charge on any atom is -0.315 e. The normalized spacial score (nSPS) is 22.2. The third-order valence-corrected chi connectivity index (χ3v) is 3.66. The van der Waals surface area contributed by atoms with Crippen molar-refractivity contribution in [3.8, 4) is 0 Å². The van der Waals surface area contributed by atoms with Gasteiger partial charge in [0.25, 0.3) is 0 Å². The minimum absolute atomic E-state index is 0.0616. The summed E-state index contributed by atoms with van der Waals surface area (Å²) in [6, 6.07) is 5.59. The number of halogens is 4. The lowest BCUT2D eigenvalue weighted by Crippen LogP contribution is -2.49. The number of hydrogen-bond acceptors (Lipinski definition) is 2. The molecule has 0 aliphatic carbocycles. The van der Waals surface area contributed by atoms with Gasteiger partial charge in [-0.2, -0.15) is 13.2 Å². The molecule has 0 saturated carbocycles. The van der Waals surface area contributed by atoms with Crippen LogP contribution in [0.3, 0.4) is 0 Å². The van der Waals surface area contributed by atoms with E-state index in [0.29, 0.717) is 24.5 Å². The first kappa shape index (κ1) is 14.6. The maximum absolute atomic E-state index is 13.1. The van der Waals surface area contributed by atoms with Crippen LogP contribution < -0.4 is 5.32 Å². The summed E-state index contributed by atoms with van der Waals surface area (Å²) in [7, 11) is 0. The topological polar surface area (TPSA) is 15.3 Å². The zero-order chi connectivity index (χ0) is 13.9. The molecule has 1 aliphatic rings. The van der Waals surface area contributed by atoms with Crippen molar-refractivity contribution >= 4 is 11.6 Å².